The third-order valence-electron chi connectivity index (χ3n) is 2.57. The van der Waals surface area contributed by atoms with E-state index in [0.717, 1.165) is 0 Å². The van der Waals surface area contributed by atoms with Crippen LogP contribution in [0.15, 0.2) is 18.2 Å². The van der Waals surface area contributed by atoms with E-state index in [1.54, 1.807) is 13.2 Å². The highest BCUT2D eigenvalue weighted by Crippen LogP contribution is 2.20. The van der Waals surface area contributed by atoms with Crippen LogP contribution in [-0.4, -0.2) is 37.6 Å². The molecule has 0 fully saturated rings. The summed E-state index contributed by atoms with van der Waals surface area (Å²) in [7, 11) is 1.55. The van der Waals surface area contributed by atoms with Crippen molar-refractivity contribution in [3.05, 3.63) is 33.8 Å². The summed E-state index contributed by atoms with van der Waals surface area (Å²) in [5, 5.41) is 5.94. The highest BCUT2D eigenvalue weighted by molar-refractivity contribution is 6.36. The first-order chi connectivity index (χ1) is 9.75. The van der Waals surface area contributed by atoms with Crippen molar-refractivity contribution in [1.29, 1.82) is 0 Å². The van der Waals surface area contributed by atoms with Gasteiger partial charge >= 0.3 is 0 Å². The van der Waals surface area contributed by atoms with Crippen LogP contribution in [0.3, 0.4) is 0 Å². The molecule has 0 aliphatic rings. The molecule has 2 N–H and O–H groups in total. The van der Waals surface area contributed by atoms with E-state index in [0.29, 0.717) is 11.6 Å². The molecule has 5 nitrogen and oxygen atoms in total. The highest BCUT2D eigenvalue weighted by Gasteiger charge is 2.20. The van der Waals surface area contributed by atoms with Crippen molar-refractivity contribution in [2.45, 2.75) is 19.4 Å². The number of rotatable bonds is 6. The molecule has 2 amide bonds. The average Bonchev–Trinajstić information content (AvgIpc) is 2.35. The minimum absolute atomic E-state index is 0.148. The van der Waals surface area contributed by atoms with Crippen molar-refractivity contribution in [1.82, 2.24) is 10.6 Å². The topological polar surface area (TPSA) is 67.4 Å². The number of hydrogen-bond acceptors (Lipinski definition) is 3. The summed E-state index contributed by atoms with van der Waals surface area (Å²) in [5.74, 6) is -0.744. The average molecular weight is 333 g/mol. The number of nitrogens with one attached hydrogen (secondary N) is 2. The lowest BCUT2D eigenvalue weighted by molar-refractivity contribution is -0.122. The quantitative estimate of drug-likeness (QED) is 0.839. The Morgan fingerprint density at radius 3 is 2.52 bits per heavy atom. The van der Waals surface area contributed by atoms with Crippen LogP contribution in [0, 0.1) is 0 Å². The number of ether oxygens (including phenoxy) is 1. The zero-order valence-electron chi connectivity index (χ0n) is 12.1. The van der Waals surface area contributed by atoms with Gasteiger partial charge in [-0.05, 0) is 32.0 Å². The normalized spacial score (nSPS) is 11.1. The van der Waals surface area contributed by atoms with Crippen molar-refractivity contribution in [2.75, 3.05) is 20.3 Å². The standard InChI is InChI=1S/C14H18Cl2N2O3/c1-14(2,8-21-3)18-12(19)7-17-13(20)10-5-4-9(15)6-11(10)16/h4-6H,7-8H2,1-3H3,(H,17,20)(H,18,19). The maximum Gasteiger partial charge on any atom is 0.253 e. The molecule has 0 aliphatic heterocycles. The highest BCUT2D eigenvalue weighted by atomic mass is 35.5. The Hall–Kier alpha value is -1.30. The van der Waals surface area contributed by atoms with E-state index < -0.39 is 11.4 Å². The molecule has 116 valence electrons. The monoisotopic (exact) mass is 332 g/mol. The lowest BCUT2D eigenvalue weighted by Crippen LogP contribution is -2.50. The lowest BCUT2D eigenvalue weighted by Gasteiger charge is -2.25. The van der Waals surface area contributed by atoms with Crippen LogP contribution < -0.4 is 10.6 Å². The number of hydrogen-bond donors (Lipinski definition) is 2. The number of methoxy groups -OCH3 is 1. The van der Waals surface area contributed by atoms with E-state index in [-0.39, 0.29) is 23.0 Å². The summed E-state index contributed by atoms with van der Waals surface area (Å²) in [6.07, 6.45) is 0. The van der Waals surface area contributed by atoms with Gasteiger partial charge in [0, 0.05) is 12.1 Å². The zero-order valence-corrected chi connectivity index (χ0v) is 13.6. The molecule has 0 unspecified atom stereocenters. The van der Waals surface area contributed by atoms with Crippen LogP contribution in [0.4, 0.5) is 0 Å². The van der Waals surface area contributed by atoms with Crippen LogP contribution >= 0.6 is 23.2 Å². The van der Waals surface area contributed by atoms with Crippen molar-refractivity contribution < 1.29 is 14.3 Å². The van der Waals surface area contributed by atoms with Gasteiger partial charge in [0.25, 0.3) is 5.91 Å². The van der Waals surface area contributed by atoms with Gasteiger partial charge in [-0.25, -0.2) is 0 Å². The van der Waals surface area contributed by atoms with Gasteiger partial charge in [0.05, 0.1) is 29.3 Å². The van der Waals surface area contributed by atoms with E-state index in [9.17, 15) is 9.59 Å². The molecule has 0 saturated heterocycles. The van der Waals surface area contributed by atoms with Crippen molar-refractivity contribution in [3.8, 4) is 0 Å². The Kier molecular flexibility index (Phi) is 6.45. The summed E-state index contributed by atoms with van der Waals surface area (Å²) in [5.41, 5.74) is -0.237. The van der Waals surface area contributed by atoms with Gasteiger partial charge in [-0.15, -0.1) is 0 Å². The van der Waals surface area contributed by atoms with Gasteiger partial charge in [-0.1, -0.05) is 23.2 Å². The van der Waals surface area contributed by atoms with Gasteiger partial charge in [0.2, 0.25) is 5.91 Å². The van der Waals surface area contributed by atoms with E-state index in [2.05, 4.69) is 10.6 Å². The van der Waals surface area contributed by atoms with E-state index in [1.807, 2.05) is 13.8 Å². The molecule has 0 aliphatic carbocycles. The second-order valence-corrected chi connectivity index (χ2v) is 6.02. The molecule has 21 heavy (non-hydrogen) atoms. The van der Waals surface area contributed by atoms with Crippen LogP contribution in [0.25, 0.3) is 0 Å². The molecule has 0 heterocycles. The van der Waals surface area contributed by atoms with Crippen LogP contribution in [0.5, 0.6) is 0 Å². The molecule has 1 rings (SSSR count). The zero-order chi connectivity index (χ0) is 16.0. The first-order valence-electron chi connectivity index (χ1n) is 6.28. The van der Waals surface area contributed by atoms with Gasteiger partial charge in [-0.2, -0.15) is 0 Å². The maximum atomic E-state index is 11.9. The van der Waals surface area contributed by atoms with Gasteiger partial charge < -0.3 is 15.4 Å². The number of amides is 2. The van der Waals surface area contributed by atoms with E-state index in [4.69, 9.17) is 27.9 Å². The molecule has 0 aromatic heterocycles. The van der Waals surface area contributed by atoms with Gasteiger partial charge in [0.15, 0.2) is 0 Å². The largest absolute Gasteiger partial charge is 0.382 e. The smallest absolute Gasteiger partial charge is 0.253 e. The Bertz CT molecular complexity index is 533. The number of carbonyl (C=O) groups is 2. The maximum absolute atomic E-state index is 11.9. The molecule has 0 atom stereocenters. The van der Waals surface area contributed by atoms with Gasteiger partial charge in [-0.3, -0.25) is 9.59 Å². The molecule has 1 aromatic rings. The Morgan fingerprint density at radius 2 is 1.95 bits per heavy atom. The second kappa shape index (κ2) is 7.64. The summed E-state index contributed by atoms with van der Waals surface area (Å²) in [6.45, 7) is 3.87. The summed E-state index contributed by atoms with van der Waals surface area (Å²) in [4.78, 5) is 23.7. The molecular formula is C14H18Cl2N2O3. The number of carbonyl (C=O) groups excluding carboxylic acids is 2. The van der Waals surface area contributed by atoms with Crippen molar-refractivity contribution in [3.63, 3.8) is 0 Å². The Morgan fingerprint density at radius 1 is 1.29 bits per heavy atom. The predicted molar refractivity (Wildman–Crippen MR) is 82.9 cm³/mol. The molecule has 0 spiro atoms. The Labute approximate surface area is 133 Å². The fraction of sp³-hybridized carbons (Fsp3) is 0.429. The van der Waals surface area contributed by atoms with Gasteiger partial charge in [0.1, 0.15) is 0 Å². The first kappa shape index (κ1) is 17.8. The fourth-order valence-corrected chi connectivity index (χ4v) is 2.24. The first-order valence-corrected chi connectivity index (χ1v) is 7.04. The molecule has 0 bridgehead atoms. The van der Waals surface area contributed by atoms with E-state index in [1.165, 1.54) is 12.1 Å². The van der Waals surface area contributed by atoms with Crippen molar-refractivity contribution in [2.24, 2.45) is 0 Å². The number of benzene rings is 1. The predicted octanol–water partition coefficient (Wildman–Crippen LogP) is 2.26. The molecule has 1 aromatic carbocycles. The van der Waals surface area contributed by atoms with Crippen LogP contribution in [0.1, 0.15) is 24.2 Å². The van der Waals surface area contributed by atoms with Crippen LogP contribution in [-0.2, 0) is 9.53 Å². The van der Waals surface area contributed by atoms with Crippen LogP contribution in [0.2, 0.25) is 10.0 Å². The van der Waals surface area contributed by atoms with E-state index >= 15 is 0 Å². The Balaban J connectivity index is 2.55. The molecule has 0 radical (unpaired) electrons. The molecule has 7 heteroatoms. The summed E-state index contributed by atoms with van der Waals surface area (Å²) in [6, 6.07) is 4.54. The molecular weight excluding hydrogens is 315 g/mol. The third kappa shape index (κ3) is 5.91. The fourth-order valence-electron chi connectivity index (χ4n) is 1.75. The minimum atomic E-state index is -0.505. The SMILES string of the molecule is COCC(C)(C)NC(=O)CNC(=O)c1ccc(Cl)cc1Cl. The van der Waals surface area contributed by atoms with Crippen molar-refractivity contribution >= 4 is 35.0 Å². The third-order valence-corrected chi connectivity index (χ3v) is 3.12. The number of halogens is 2. The lowest BCUT2D eigenvalue weighted by atomic mass is 10.1. The molecule has 0 saturated carbocycles. The summed E-state index contributed by atoms with van der Waals surface area (Å²) >= 11 is 11.7. The summed E-state index contributed by atoms with van der Waals surface area (Å²) < 4.78 is 5.00. The minimum Gasteiger partial charge on any atom is -0.382 e. The second-order valence-electron chi connectivity index (χ2n) is 5.17.